The Hall–Kier alpha value is -2.26. The number of amides is 1. The Morgan fingerprint density at radius 3 is 2.74 bits per heavy atom. The normalized spacial score (nSPS) is 23.5. The topological polar surface area (TPSA) is 112 Å². The largest absolute Gasteiger partial charge is 0.349 e. The van der Waals surface area contributed by atoms with Gasteiger partial charge >= 0.3 is 0 Å². The van der Waals surface area contributed by atoms with Crippen molar-refractivity contribution < 1.29 is 13.2 Å². The molecule has 144 valence electrons. The highest BCUT2D eigenvalue weighted by Crippen LogP contribution is 2.22. The Bertz CT molecular complexity index is 1030. The molecule has 4 rings (SSSR count). The van der Waals surface area contributed by atoms with Gasteiger partial charge in [0.05, 0.1) is 11.5 Å². The number of nitrogens with zero attached hydrogens (tertiary/aromatic N) is 2. The number of rotatable bonds is 3. The summed E-state index contributed by atoms with van der Waals surface area (Å²) >= 11 is 0. The van der Waals surface area contributed by atoms with Crippen LogP contribution in [-0.2, 0) is 9.84 Å². The van der Waals surface area contributed by atoms with Crippen molar-refractivity contribution in [2.75, 3.05) is 24.6 Å². The number of nitrogens with one attached hydrogen (secondary N) is 2. The smallest absolute Gasteiger partial charge is 0.262 e. The predicted octanol–water partition coefficient (Wildman–Crippen LogP) is 0.304. The first-order chi connectivity index (χ1) is 12.9. The van der Waals surface area contributed by atoms with Crippen molar-refractivity contribution >= 4 is 26.8 Å². The van der Waals surface area contributed by atoms with E-state index in [0.29, 0.717) is 17.5 Å². The number of aromatic amines is 1. The van der Waals surface area contributed by atoms with Crippen LogP contribution in [0.1, 0.15) is 29.6 Å². The molecule has 1 unspecified atom stereocenters. The maximum atomic E-state index is 12.6. The fourth-order valence-corrected chi connectivity index (χ4v) is 5.70. The van der Waals surface area contributed by atoms with Crippen LogP contribution in [0.15, 0.2) is 29.2 Å². The summed E-state index contributed by atoms with van der Waals surface area (Å²) in [6, 6.07) is 5.19. The summed E-state index contributed by atoms with van der Waals surface area (Å²) < 4.78 is 23.3. The van der Waals surface area contributed by atoms with Crippen molar-refractivity contribution in [1.29, 1.82) is 0 Å². The number of pyridine rings is 2. The molecular formula is C18H22N4O4S. The van der Waals surface area contributed by atoms with Crippen LogP contribution in [0.4, 0.5) is 0 Å². The number of aromatic nitrogens is 2. The van der Waals surface area contributed by atoms with Gasteiger partial charge in [0, 0.05) is 36.8 Å². The Morgan fingerprint density at radius 1 is 1.26 bits per heavy atom. The lowest BCUT2D eigenvalue weighted by atomic mass is 10.0. The molecular weight excluding hydrogens is 368 g/mol. The van der Waals surface area contributed by atoms with Gasteiger partial charge in [0.1, 0.15) is 11.2 Å². The summed E-state index contributed by atoms with van der Waals surface area (Å²) in [5.41, 5.74) is 0.0889. The van der Waals surface area contributed by atoms with Crippen molar-refractivity contribution in [2.45, 2.75) is 31.3 Å². The number of hydrogen-bond acceptors (Lipinski definition) is 6. The zero-order chi connectivity index (χ0) is 19.0. The maximum absolute atomic E-state index is 12.6. The van der Waals surface area contributed by atoms with Crippen molar-refractivity contribution in [3.05, 3.63) is 40.3 Å². The molecule has 0 spiro atoms. The summed E-state index contributed by atoms with van der Waals surface area (Å²) in [6.07, 6.45) is 3.77. The Balaban J connectivity index is 1.39. The van der Waals surface area contributed by atoms with Gasteiger partial charge in [0.15, 0.2) is 9.84 Å². The molecule has 0 radical (unpaired) electrons. The molecule has 2 aromatic rings. The van der Waals surface area contributed by atoms with Crippen molar-refractivity contribution in [3.8, 4) is 0 Å². The highest BCUT2D eigenvalue weighted by atomic mass is 32.2. The average molecular weight is 390 g/mol. The van der Waals surface area contributed by atoms with Crippen molar-refractivity contribution in [3.63, 3.8) is 0 Å². The number of hydrogen-bond donors (Lipinski definition) is 2. The fourth-order valence-electron chi connectivity index (χ4n) is 3.94. The maximum Gasteiger partial charge on any atom is 0.262 e. The molecule has 2 aliphatic heterocycles. The quantitative estimate of drug-likeness (QED) is 0.780. The van der Waals surface area contributed by atoms with E-state index in [-0.39, 0.29) is 35.1 Å². The Morgan fingerprint density at radius 2 is 2.04 bits per heavy atom. The Kier molecular flexibility index (Phi) is 4.73. The summed E-state index contributed by atoms with van der Waals surface area (Å²) in [6.45, 7) is 1.51. The zero-order valence-corrected chi connectivity index (χ0v) is 15.7. The van der Waals surface area contributed by atoms with Crippen molar-refractivity contribution in [2.24, 2.45) is 0 Å². The third-order valence-electron chi connectivity index (χ3n) is 5.45. The first kappa shape index (κ1) is 18.1. The molecule has 2 aromatic heterocycles. The lowest BCUT2D eigenvalue weighted by Gasteiger charge is -2.35. The van der Waals surface area contributed by atoms with Gasteiger partial charge in [-0.2, -0.15) is 0 Å². The number of carbonyl (C=O) groups excluding carboxylic acids is 1. The summed E-state index contributed by atoms with van der Waals surface area (Å²) in [5.74, 6) is 0.127. The molecule has 0 aliphatic carbocycles. The SMILES string of the molecule is O=C(NC1CCN(C2CCS(=O)(=O)C2)CC1)c1cc2cccnc2[nH]c1=O. The minimum Gasteiger partial charge on any atom is -0.349 e. The van der Waals surface area contributed by atoms with Gasteiger partial charge < -0.3 is 10.3 Å². The van der Waals surface area contributed by atoms with E-state index in [9.17, 15) is 18.0 Å². The van der Waals surface area contributed by atoms with E-state index in [1.165, 1.54) is 0 Å². The molecule has 2 aliphatic rings. The number of H-pyrrole nitrogens is 1. The van der Waals surface area contributed by atoms with Gasteiger partial charge in [-0.15, -0.1) is 0 Å². The lowest BCUT2D eigenvalue weighted by molar-refractivity contribution is 0.0896. The standard InChI is InChI=1S/C18H22N4O4S/c23-17(15-10-12-2-1-6-19-16(12)21-18(15)24)20-13-3-7-22(8-4-13)14-5-9-27(25,26)11-14/h1-2,6,10,13-14H,3-5,7-9,11H2,(H,20,23)(H,19,21,24). The average Bonchev–Trinajstić information content (AvgIpc) is 3.01. The molecule has 4 heterocycles. The van der Waals surface area contributed by atoms with Crippen LogP contribution in [0.3, 0.4) is 0 Å². The summed E-state index contributed by atoms with van der Waals surface area (Å²) in [7, 11) is -2.89. The van der Waals surface area contributed by atoms with Gasteiger partial charge in [-0.05, 0) is 37.5 Å². The molecule has 8 nitrogen and oxygen atoms in total. The first-order valence-electron chi connectivity index (χ1n) is 9.15. The molecule has 1 amide bonds. The lowest BCUT2D eigenvalue weighted by Crippen LogP contribution is -2.48. The number of fused-ring (bicyclic) bond motifs is 1. The monoisotopic (exact) mass is 390 g/mol. The van der Waals surface area contributed by atoms with Crippen LogP contribution < -0.4 is 10.9 Å². The molecule has 9 heteroatoms. The van der Waals surface area contributed by atoms with Gasteiger partial charge in [-0.25, -0.2) is 13.4 Å². The number of sulfone groups is 1. The van der Waals surface area contributed by atoms with Crippen LogP contribution in [0, 0.1) is 0 Å². The molecule has 27 heavy (non-hydrogen) atoms. The Labute approximate surface area is 156 Å². The van der Waals surface area contributed by atoms with E-state index in [1.807, 2.05) is 0 Å². The van der Waals surface area contributed by atoms with Gasteiger partial charge in [0.25, 0.3) is 11.5 Å². The van der Waals surface area contributed by atoms with E-state index in [1.54, 1.807) is 24.4 Å². The highest BCUT2D eigenvalue weighted by Gasteiger charge is 2.34. The van der Waals surface area contributed by atoms with E-state index in [4.69, 9.17) is 0 Å². The second-order valence-electron chi connectivity index (χ2n) is 7.29. The van der Waals surface area contributed by atoms with Gasteiger partial charge in [0.2, 0.25) is 0 Å². The van der Waals surface area contributed by atoms with Crippen LogP contribution >= 0.6 is 0 Å². The molecule has 2 saturated heterocycles. The second kappa shape index (κ2) is 7.05. The van der Waals surface area contributed by atoms with E-state index in [2.05, 4.69) is 20.2 Å². The zero-order valence-electron chi connectivity index (χ0n) is 14.8. The number of likely N-dealkylation sites (tertiary alicyclic amines) is 1. The van der Waals surface area contributed by atoms with Crippen molar-refractivity contribution in [1.82, 2.24) is 20.2 Å². The van der Waals surface area contributed by atoms with Crippen LogP contribution in [0.2, 0.25) is 0 Å². The first-order valence-corrected chi connectivity index (χ1v) is 11.0. The third-order valence-corrected chi connectivity index (χ3v) is 7.20. The third kappa shape index (κ3) is 3.89. The summed E-state index contributed by atoms with van der Waals surface area (Å²) in [4.78, 5) is 33.7. The molecule has 0 saturated carbocycles. The minimum absolute atomic E-state index is 0.0178. The molecule has 2 fully saturated rings. The van der Waals surface area contributed by atoms with Crippen LogP contribution in [-0.4, -0.2) is 65.9 Å². The minimum atomic E-state index is -2.89. The fraction of sp³-hybridized carbons (Fsp3) is 0.500. The molecule has 1 atom stereocenters. The van der Waals surface area contributed by atoms with E-state index < -0.39 is 15.4 Å². The van der Waals surface area contributed by atoms with Gasteiger partial charge in [-0.3, -0.25) is 14.5 Å². The van der Waals surface area contributed by atoms with Gasteiger partial charge in [-0.1, -0.05) is 0 Å². The predicted molar refractivity (Wildman–Crippen MR) is 101 cm³/mol. The molecule has 2 N–H and O–H groups in total. The van der Waals surface area contributed by atoms with E-state index in [0.717, 1.165) is 25.9 Å². The number of carbonyl (C=O) groups is 1. The van der Waals surface area contributed by atoms with Crippen LogP contribution in [0.25, 0.3) is 11.0 Å². The van der Waals surface area contributed by atoms with E-state index >= 15 is 0 Å². The summed E-state index contributed by atoms with van der Waals surface area (Å²) in [5, 5.41) is 3.65. The molecule has 0 aromatic carbocycles. The second-order valence-corrected chi connectivity index (χ2v) is 9.52. The van der Waals surface area contributed by atoms with Crippen LogP contribution in [0.5, 0.6) is 0 Å². The highest BCUT2D eigenvalue weighted by molar-refractivity contribution is 7.91. The number of piperidine rings is 1. The molecule has 0 bridgehead atoms.